The van der Waals surface area contributed by atoms with Gasteiger partial charge in [-0.3, -0.25) is 13.9 Å². The zero-order valence-electron chi connectivity index (χ0n) is 17.9. The van der Waals surface area contributed by atoms with Crippen LogP contribution in [0.15, 0.2) is 0 Å². The van der Waals surface area contributed by atoms with Crippen LogP contribution in [0, 0.1) is 0 Å². The number of carbonyl (C=O) groups excluding carboxylic acids is 2. The van der Waals surface area contributed by atoms with Crippen LogP contribution in [0.25, 0.3) is 0 Å². The molecule has 0 aromatic heterocycles. The van der Waals surface area contributed by atoms with Crippen LogP contribution in [0.1, 0.15) is 47.0 Å². The second-order valence-electron chi connectivity index (χ2n) is 7.29. The van der Waals surface area contributed by atoms with Gasteiger partial charge in [0.05, 0.1) is 26.1 Å². The van der Waals surface area contributed by atoms with E-state index in [9.17, 15) is 9.59 Å². The maximum absolute atomic E-state index is 11.7. The highest BCUT2D eigenvalue weighted by Gasteiger charge is 2.19. The van der Waals surface area contributed by atoms with Gasteiger partial charge >= 0.3 is 11.9 Å². The summed E-state index contributed by atoms with van der Waals surface area (Å²) in [6.07, 6.45) is 8.63. The second kappa shape index (κ2) is 13.4. The van der Waals surface area contributed by atoms with E-state index >= 15 is 0 Å². The Morgan fingerprint density at radius 2 is 1.35 bits per heavy atom. The Morgan fingerprint density at radius 1 is 0.846 bits per heavy atom. The molecule has 0 saturated heterocycles. The van der Waals surface area contributed by atoms with Crippen molar-refractivity contribution in [2.24, 2.45) is 0 Å². The van der Waals surface area contributed by atoms with E-state index in [1.807, 2.05) is 13.8 Å². The number of ether oxygens (including phenoxy) is 2. The van der Waals surface area contributed by atoms with E-state index in [0.717, 1.165) is 32.6 Å². The molecule has 0 spiro atoms. The predicted octanol–water partition coefficient (Wildman–Crippen LogP) is 2.90. The first-order valence-corrected chi connectivity index (χ1v) is 12.4. The molecular formula is C19H40N2O4S. The summed E-state index contributed by atoms with van der Waals surface area (Å²) in [4.78, 5) is 25.6. The van der Waals surface area contributed by atoms with Crippen LogP contribution < -0.4 is 0 Å². The summed E-state index contributed by atoms with van der Waals surface area (Å²) in [7, 11) is -0.894. The van der Waals surface area contributed by atoms with Gasteiger partial charge in [0.1, 0.15) is 0 Å². The molecule has 0 aliphatic heterocycles. The van der Waals surface area contributed by atoms with Crippen molar-refractivity contribution in [1.82, 2.24) is 9.21 Å². The summed E-state index contributed by atoms with van der Waals surface area (Å²) < 4.78 is 12.5. The highest BCUT2D eigenvalue weighted by atomic mass is 32.3. The van der Waals surface area contributed by atoms with Crippen molar-refractivity contribution >= 4 is 22.2 Å². The molecule has 0 aliphatic carbocycles. The first-order valence-electron chi connectivity index (χ1n) is 9.60. The van der Waals surface area contributed by atoms with E-state index < -0.39 is 10.2 Å². The van der Waals surface area contributed by atoms with Crippen LogP contribution in [-0.4, -0.2) is 85.3 Å². The van der Waals surface area contributed by atoms with E-state index in [1.54, 1.807) is 0 Å². The Bertz CT molecular complexity index is 411. The predicted molar refractivity (Wildman–Crippen MR) is 111 cm³/mol. The molecular weight excluding hydrogens is 352 g/mol. The summed E-state index contributed by atoms with van der Waals surface area (Å²) in [5, 5.41) is 0. The quantitative estimate of drug-likeness (QED) is 0.424. The summed E-state index contributed by atoms with van der Waals surface area (Å²) in [6, 6.07) is 0.388. The van der Waals surface area contributed by atoms with Gasteiger partial charge in [0.15, 0.2) is 0 Å². The van der Waals surface area contributed by atoms with Crippen molar-refractivity contribution in [3.8, 4) is 0 Å². The number of hydrogen-bond acceptors (Lipinski definition) is 6. The molecule has 0 fully saturated rings. The van der Waals surface area contributed by atoms with Gasteiger partial charge in [-0.1, -0.05) is 0 Å². The molecule has 0 aromatic carbocycles. The lowest BCUT2D eigenvalue weighted by atomic mass is 10.2. The third-order valence-corrected chi connectivity index (χ3v) is 6.05. The third kappa shape index (κ3) is 11.8. The summed E-state index contributed by atoms with van der Waals surface area (Å²) in [6.45, 7) is 12.2. The average Bonchev–Trinajstić information content (AvgIpc) is 2.52. The molecule has 0 bridgehead atoms. The lowest BCUT2D eigenvalue weighted by molar-refractivity contribution is -0.144. The molecule has 0 saturated carbocycles. The fourth-order valence-corrected chi connectivity index (χ4v) is 3.97. The van der Waals surface area contributed by atoms with Gasteiger partial charge in [0.25, 0.3) is 0 Å². The monoisotopic (exact) mass is 392 g/mol. The Balaban J connectivity index is 4.45. The first-order chi connectivity index (χ1) is 12.1. The standard InChI is InChI=1S/C19H40N2O4S/c1-8-24-18(22)11-15-20(17(3)4)13-10-14-21(26(5,6)7)16-12-19(23)25-9-2/h17H,8-16H2,1-7H3. The molecule has 26 heavy (non-hydrogen) atoms. The molecule has 0 N–H and O–H groups in total. The van der Waals surface area contributed by atoms with Crippen LogP contribution in [0.3, 0.4) is 0 Å². The minimum absolute atomic E-state index is 0.126. The van der Waals surface area contributed by atoms with Crippen LogP contribution in [0.5, 0.6) is 0 Å². The van der Waals surface area contributed by atoms with Gasteiger partial charge in [-0.25, -0.2) is 0 Å². The van der Waals surface area contributed by atoms with Gasteiger partial charge in [0, 0.05) is 25.7 Å². The number of esters is 2. The highest BCUT2D eigenvalue weighted by molar-refractivity contribution is 8.30. The Morgan fingerprint density at radius 3 is 1.77 bits per heavy atom. The largest absolute Gasteiger partial charge is 0.466 e. The van der Waals surface area contributed by atoms with Gasteiger partial charge in [-0.15, -0.1) is 0 Å². The number of carbonyl (C=O) groups is 2. The molecule has 156 valence electrons. The van der Waals surface area contributed by atoms with Gasteiger partial charge in [-0.05, 0) is 59.4 Å². The molecule has 0 atom stereocenters. The van der Waals surface area contributed by atoms with Crippen molar-refractivity contribution in [1.29, 1.82) is 0 Å². The molecule has 0 amide bonds. The molecule has 0 aliphatic rings. The summed E-state index contributed by atoms with van der Waals surface area (Å²) in [5.41, 5.74) is 0. The highest BCUT2D eigenvalue weighted by Crippen LogP contribution is 2.39. The maximum Gasteiger partial charge on any atom is 0.307 e. The molecule has 0 unspecified atom stereocenters. The lowest BCUT2D eigenvalue weighted by Crippen LogP contribution is -2.37. The van der Waals surface area contributed by atoms with Crippen LogP contribution in [0.2, 0.25) is 0 Å². The smallest absolute Gasteiger partial charge is 0.307 e. The summed E-state index contributed by atoms with van der Waals surface area (Å²) >= 11 is 0. The molecule has 7 heteroatoms. The molecule has 0 rings (SSSR count). The molecule has 0 radical (unpaired) electrons. The lowest BCUT2D eigenvalue weighted by Gasteiger charge is -2.40. The van der Waals surface area contributed by atoms with Gasteiger partial charge < -0.3 is 14.4 Å². The van der Waals surface area contributed by atoms with E-state index in [-0.39, 0.29) is 11.9 Å². The van der Waals surface area contributed by atoms with E-state index in [4.69, 9.17) is 9.47 Å². The maximum atomic E-state index is 11.7. The first kappa shape index (κ1) is 25.2. The Labute approximate surface area is 162 Å². The van der Waals surface area contributed by atoms with E-state index in [0.29, 0.717) is 32.1 Å². The van der Waals surface area contributed by atoms with Crippen LogP contribution in [-0.2, 0) is 19.1 Å². The average molecular weight is 393 g/mol. The fraction of sp³-hybridized carbons (Fsp3) is 0.895. The van der Waals surface area contributed by atoms with Crippen LogP contribution in [0.4, 0.5) is 0 Å². The topological polar surface area (TPSA) is 59.1 Å². The van der Waals surface area contributed by atoms with Crippen molar-refractivity contribution < 1.29 is 19.1 Å². The normalized spacial score (nSPS) is 12.7. The van der Waals surface area contributed by atoms with Crippen molar-refractivity contribution in [2.75, 3.05) is 58.2 Å². The van der Waals surface area contributed by atoms with Crippen molar-refractivity contribution in [3.05, 3.63) is 0 Å². The zero-order valence-corrected chi connectivity index (χ0v) is 18.7. The van der Waals surface area contributed by atoms with Crippen molar-refractivity contribution in [3.63, 3.8) is 0 Å². The minimum atomic E-state index is -0.894. The Kier molecular flexibility index (Phi) is 13.0. The fourth-order valence-electron chi connectivity index (χ4n) is 2.66. The summed E-state index contributed by atoms with van der Waals surface area (Å²) in [5.74, 6) is -0.257. The van der Waals surface area contributed by atoms with Gasteiger partial charge in [0.2, 0.25) is 0 Å². The van der Waals surface area contributed by atoms with E-state index in [1.165, 1.54) is 0 Å². The Hall–Kier alpha value is -0.790. The number of hydrogen-bond donors (Lipinski definition) is 0. The number of rotatable bonds is 14. The third-order valence-electron chi connectivity index (χ3n) is 4.14. The zero-order chi connectivity index (χ0) is 20.2. The van der Waals surface area contributed by atoms with Gasteiger partial charge in [-0.2, -0.15) is 10.2 Å². The minimum Gasteiger partial charge on any atom is -0.466 e. The molecule has 0 heterocycles. The van der Waals surface area contributed by atoms with E-state index in [2.05, 4.69) is 41.8 Å². The molecule has 0 aromatic rings. The molecule has 6 nitrogen and oxygen atoms in total. The van der Waals surface area contributed by atoms with Crippen LogP contribution >= 0.6 is 10.2 Å². The van der Waals surface area contributed by atoms with Crippen molar-refractivity contribution in [2.45, 2.75) is 53.0 Å². The second-order valence-corrected chi connectivity index (χ2v) is 11.4. The number of nitrogens with zero attached hydrogens (tertiary/aromatic N) is 2. The SMILES string of the molecule is CCOC(=O)CCN(CCCN(CCC(=O)OCC)S(C)(C)C)C(C)C.